The van der Waals surface area contributed by atoms with E-state index in [4.69, 9.17) is 14.2 Å². The molecule has 40 heavy (non-hydrogen) atoms. The zero-order valence-electron chi connectivity index (χ0n) is 21.8. The first-order chi connectivity index (χ1) is 18.8. The van der Waals surface area contributed by atoms with Crippen molar-refractivity contribution in [2.45, 2.75) is 20.8 Å². The minimum Gasteiger partial charge on any atom is -0.494 e. The van der Waals surface area contributed by atoms with Gasteiger partial charge in [-0.2, -0.15) is 0 Å². The molecule has 0 bridgehead atoms. The topological polar surface area (TPSA) is 205 Å². The fourth-order valence-electron chi connectivity index (χ4n) is 3.31. The molecule has 0 aliphatic carbocycles. The molecule has 0 saturated heterocycles. The summed E-state index contributed by atoms with van der Waals surface area (Å²) in [6.45, 7) is 4.08. The molecular formula is C23H25BrN6O10. The fraction of sp³-hybridized carbons (Fsp3) is 0.348. The summed E-state index contributed by atoms with van der Waals surface area (Å²) >= 11 is 3.06. The van der Waals surface area contributed by atoms with Crippen LogP contribution in [0.3, 0.4) is 0 Å². The molecule has 16 nitrogen and oxygen atoms in total. The number of benzene rings is 2. The normalized spacial score (nSPS) is 10.6. The van der Waals surface area contributed by atoms with Crippen molar-refractivity contribution in [1.82, 2.24) is 0 Å². The summed E-state index contributed by atoms with van der Waals surface area (Å²) in [5.74, 6) is -1.23. The van der Waals surface area contributed by atoms with E-state index in [-0.39, 0.29) is 53.6 Å². The molecule has 0 aliphatic heterocycles. The number of anilines is 2. The van der Waals surface area contributed by atoms with Crippen LogP contribution in [0, 0.1) is 20.2 Å². The Morgan fingerprint density at radius 2 is 1.55 bits per heavy atom. The number of azo groups is 1. The van der Waals surface area contributed by atoms with Gasteiger partial charge in [0.25, 0.3) is 5.69 Å². The first-order valence-electron chi connectivity index (χ1n) is 11.4. The van der Waals surface area contributed by atoms with Crippen LogP contribution in [0.15, 0.2) is 39.0 Å². The van der Waals surface area contributed by atoms with Gasteiger partial charge in [-0.3, -0.25) is 34.6 Å². The number of ether oxygens (including phenoxy) is 3. The smallest absolute Gasteiger partial charge is 0.304 e. The van der Waals surface area contributed by atoms with Gasteiger partial charge in [0, 0.05) is 32.9 Å². The van der Waals surface area contributed by atoms with Crippen molar-refractivity contribution >= 4 is 67.9 Å². The summed E-state index contributed by atoms with van der Waals surface area (Å²) in [4.78, 5) is 57.2. The molecule has 0 fully saturated rings. The number of carbonyl (C=O) groups is 3. The highest BCUT2D eigenvalue weighted by molar-refractivity contribution is 9.10. The lowest BCUT2D eigenvalue weighted by atomic mass is 10.2. The van der Waals surface area contributed by atoms with Gasteiger partial charge >= 0.3 is 17.6 Å². The third-order valence-corrected chi connectivity index (χ3v) is 5.58. The van der Waals surface area contributed by atoms with Crippen LogP contribution in [0.2, 0.25) is 0 Å². The average Bonchev–Trinajstić information content (AvgIpc) is 2.86. The van der Waals surface area contributed by atoms with Crippen LogP contribution in [-0.2, 0) is 23.9 Å². The molecule has 17 heteroatoms. The summed E-state index contributed by atoms with van der Waals surface area (Å²) in [7, 11) is 1.37. The lowest BCUT2D eigenvalue weighted by Gasteiger charge is -2.27. The number of amides is 1. The van der Waals surface area contributed by atoms with Gasteiger partial charge in [0.05, 0.1) is 52.0 Å². The quantitative estimate of drug-likeness (QED) is 0.141. The summed E-state index contributed by atoms with van der Waals surface area (Å²) in [6.07, 6.45) is 0. The molecule has 2 rings (SSSR count). The molecule has 0 radical (unpaired) electrons. The number of nitro groups is 2. The molecule has 0 unspecified atom stereocenters. The van der Waals surface area contributed by atoms with Gasteiger partial charge in [0.15, 0.2) is 5.69 Å². The monoisotopic (exact) mass is 624 g/mol. The molecule has 1 amide bonds. The molecule has 0 atom stereocenters. The number of rotatable bonds is 13. The first kappa shape index (κ1) is 31.5. The first-order valence-corrected chi connectivity index (χ1v) is 12.2. The third kappa shape index (κ3) is 8.97. The van der Waals surface area contributed by atoms with Crippen LogP contribution in [0.5, 0.6) is 5.75 Å². The Labute approximate surface area is 235 Å². The summed E-state index contributed by atoms with van der Waals surface area (Å²) < 4.78 is 15.5. The predicted molar refractivity (Wildman–Crippen MR) is 144 cm³/mol. The second-order valence-electron chi connectivity index (χ2n) is 7.90. The van der Waals surface area contributed by atoms with Gasteiger partial charge in [0.2, 0.25) is 5.91 Å². The number of hydrogen-bond acceptors (Lipinski definition) is 13. The van der Waals surface area contributed by atoms with Crippen molar-refractivity contribution < 1.29 is 38.4 Å². The Morgan fingerprint density at radius 1 is 0.950 bits per heavy atom. The van der Waals surface area contributed by atoms with Gasteiger partial charge in [-0.15, -0.1) is 10.2 Å². The Morgan fingerprint density at radius 3 is 2.02 bits per heavy atom. The Kier molecular flexibility index (Phi) is 11.4. The number of carbonyl (C=O) groups excluding carboxylic acids is 3. The van der Waals surface area contributed by atoms with E-state index in [9.17, 15) is 34.6 Å². The number of halogens is 1. The summed E-state index contributed by atoms with van der Waals surface area (Å²) in [5.41, 5.74) is -0.904. The van der Waals surface area contributed by atoms with Crippen molar-refractivity contribution in [3.63, 3.8) is 0 Å². The van der Waals surface area contributed by atoms with Crippen molar-refractivity contribution in [1.29, 1.82) is 0 Å². The average molecular weight is 625 g/mol. The maximum absolute atomic E-state index is 12.0. The van der Waals surface area contributed by atoms with Crippen LogP contribution in [0.25, 0.3) is 0 Å². The number of non-ortho nitro benzene ring substituents is 1. The van der Waals surface area contributed by atoms with Gasteiger partial charge in [-0.25, -0.2) is 0 Å². The molecule has 0 aromatic heterocycles. The highest BCUT2D eigenvalue weighted by Crippen LogP contribution is 2.43. The van der Waals surface area contributed by atoms with E-state index in [0.29, 0.717) is 5.69 Å². The Hall–Kier alpha value is -4.67. The largest absolute Gasteiger partial charge is 0.494 e. The molecule has 2 aromatic rings. The molecule has 0 saturated carbocycles. The van der Waals surface area contributed by atoms with E-state index in [1.54, 1.807) is 4.90 Å². The molecule has 2 aromatic carbocycles. The second kappa shape index (κ2) is 14.5. The fourth-order valence-corrected chi connectivity index (χ4v) is 3.83. The lowest BCUT2D eigenvalue weighted by Crippen LogP contribution is -2.32. The standard InChI is InChI=1S/C23H25BrN6O10/c1-13(31)25-18-11-20(28(5-7-39-14(2)32)6-8-40-15(3)33)22(38-4)12-19(18)26-27-23-17(24)9-16(29(34)35)10-21(23)30(36)37/h9-12H,5-8H2,1-4H3,(H,25,31). The van der Waals surface area contributed by atoms with Crippen molar-refractivity contribution in [3.8, 4) is 5.75 Å². The van der Waals surface area contributed by atoms with E-state index < -0.39 is 39.1 Å². The van der Waals surface area contributed by atoms with Gasteiger partial charge < -0.3 is 24.4 Å². The zero-order valence-corrected chi connectivity index (χ0v) is 23.4. The zero-order chi connectivity index (χ0) is 30.0. The van der Waals surface area contributed by atoms with Gasteiger partial charge in [0.1, 0.15) is 24.7 Å². The maximum Gasteiger partial charge on any atom is 0.304 e. The SMILES string of the molecule is COc1cc(N=Nc2c(Br)cc([N+](=O)[O-])cc2[N+](=O)[O-])c(NC(C)=O)cc1N(CCOC(C)=O)CCOC(C)=O. The molecule has 0 aliphatic rings. The number of nitro benzene ring substituents is 2. The minimum absolute atomic E-state index is 0.00662. The van der Waals surface area contributed by atoms with Crippen molar-refractivity contribution in [2.75, 3.05) is 43.6 Å². The predicted octanol–water partition coefficient (Wildman–Crippen LogP) is 4.58. The van der Waals surface area contributed by atoms with Crippen molar-refractivity contribution in [2.24, 2.45) is 10.2 Å². The Bertz CT molecular complexity index is 1330. The lowest BCUT2D eigenvalue weighted by molar-refractivity contribution is -0.393. The molecular weight excluding hydrogens is 600 g/mol. The number of methoxy groups -OCH3 is 1. The third-order valence-electron chi connectivity index (χ3n) is 4.97. The van der Waals surface area contributed by atoms with Crippen LogP contribution >= 0.6 is 15.9 Å². The van der Waals surface area contributed by atoms with Gasteiger partial charge in [-0.05, 0) is 22.0 Å². The molecule has 214 valence electrons. The summed E-state index contributed by atoms with van der Waals surface area (Å²) in [6, 6.07) is 4.70. The van der Waals surface area contributed by atoms with E-state index >= 15 is 0 Å². The van der Waals surface area contributed by atoms with Crippen molar-refractivity contribution in [3.05, 3.63) is 49.0 Å². The van der Waals surface area contributed by atoms with E-state index in [1.165, 1.54) is 40.0 Å². The van der Waals surface area contributed by atoms with E-state index in [2.05, 4.69) is 31.5 Å². The maximum atomic E-state index is 12.0. The van der Waals surface area contributed by atoms with Crippen LogP contribution in [0.1, 0.15) is 20.8 Å². The number of esters is 2. The van der Waals surface area contributed by atoms with E-state index in [0.717, 1.165) is 12.1 Å². The number of nitrogens with zero attached hydrogens (tertiary/aromatic N) is 5. The van der Waals surface area contributed by atoms with Crippen LogP contribution in [-0.4, -0.2) is 61.1 Å². The second-order valence-corrected chi connectivity index (χ2v) is 8.75. The van der Waals surface area contributed by atoms with Crippen LogP contribution < -0.4 is 15.0 Å². The summed E-state index contributed by atoms with van der Waals surface area (Å²) in [5, 5.41) is 33.3. The molecule has 1 N–H and O–H groups in total. The highest BCUT2D eigenvalue weighted by Gasteiger charge is 2.24. The van der Waals surface area contributed by atoms with Crippen LogP contribution in [0.4, 0.5) is 34.1 Å². The van der Waals surface area contributed by atoms with Gasteiger partial charge in [-0.1, -0.05) is 0 Å². The Balaban J connectivity index is 2.61. The molecule has 0 heterocycles. The highest BCUT2D eigenvalue weighted by atomic mass is 79.9. The number of nitrogens with one attached hydrogen (secondary N) is 1. The number of hydrogen-bond donors (Lipinski definition) is 1. The minimum atomic E-state index is -0.839. The van der Waals surface area contributed by atoms with E-state index in [1.807, 2.05) is 0 Å². The molecule has 0 spiro atoms.